The van der Waals surface area contributed by atoms with Gasteiger partial charge < -0.3 is 36.3 Å². The number of nitrogens with zero attached hydrogens (tertiary/aromatic N) is 1. The minimum Gasteiger partial charge on any atom is -0.508 e. The second kappa shape index (κ2) is 9.27. The molecule has 3 unspecified atom stereocenters. The Bertz CT molecular complexity index is 1290. The van der Waals surface area contributed by atoms with E-state index in [1.807, 2.05) is 0 Å². The van der Waals surface area contributed by atoms with Gasteiger partial charge in [0.15, 0.2) is 11.4 Å². The molecule has 0 radical (unpaired) electrons. The number of primary amides is 1. The number of rotatable bonds is 6. The second-order valence-corrected chi connectivity index (χ2v) is 9.53. The first-order valence-electron chi connectivity index (χ1n) is 11.4. The van der Waals surface area contributed by atoms with Crippen molar-refractivity contribution in [2.45, 2.75) is 24.5 Å². The van der Waals surface area contributed by atoms with Gasteiger partial charge in [0.05, 0.1) is 24.4 Å². The van der Waals surface area contributed by atoms with Crippen molar-refractivity contribution in [3.8, 4) is 5.75 Å². The van der Waals surface area contributed by atoms with Gasteiger partial charge >= 0.3 is 0 Å². The summed E-state index contributed by atoms with van der Waals surface area (Å²) in [5, 5.41) is 46.9. The lowest BCUT2D eigenvalue weighted by molar-refractivity contribution is -0.153. The highest BCUT2D eigenvalue weighted by molar-refractivity contribution is 6.24. The van der Waals surface area contributed by atoms with Crippen LogP contribution in [0.4, 0.5) is 5.69 Å². The molecular weight excluding hydrogens is 488 g/mol. The van der Waals surface area contributed by atoms with Crippen molar-refractivity contribution in [2.75, 3.05) is 33.1 Å². The first kappa shape index (κ1) is 26.3. The van der Waals surface area contributed by atoms with Gasteiger partial charge in [-0.2, -0.15) is 5.48 Å². The maximum absolute atomic E-state index is 13.8. The molecule has 1 aromatic carbocycles. The van der Waals surface area contributed by atoms with Gasteiger partial charge in [-0.1, -0.05) is 6.07 Å². The van der Waals surface area contributed by atoms with Gasteiger partial charge in [-0.15, -0.1) is 0 Å². The first-order valence-corrected chi connectivity index (χ1v) is 11.4. The molecule has 0 aromatic heterocycles. The highest BCUT2D eigenvalue weighted by Crippen LogP contribution is 2.53. The van der Waals surface area contributed by atoms with Crippen LogP contribution in [-0.4, -0.2) is 88.1 Å². The van der Waals surface area contributed by atoms with E-state index in [4.69, 9.17) is 5.73 Å². The number of nitrogens with two attached hydrogens (primary N) is 1. The van der Waals surface area contributed by atoms with Gasteiger partial charge in [0.2, 0.25) is 11.7 Å². The molecule has 4 atom stereocenters. The van der Waals surface area contributed by atoms with Crippen LogP contribution in [0.5, 0.6) is 5.75 Å². The average molecular weight is 517 g/mol. The monoisotopic (exact) mass is 516 g/mol. The molecule has 13 nitrogen and oxygen atoms in total. The molecule has 13 heteroatoms. The molecule has 4 rings (SSSR count). The first-order chi connectivity index (χ1) is 17.4. The summed E-state index contributed by atoms with van der Waals surface area (Å²) >= 11 is 0. The number of Topliss-reactive ketones (excluding diaryl/α,β-unsaturated/α-hetero) is 2. The number of nitrogens with one attached hydrogen (secondary N) is 2. The molecular formula is C24H28N4O9. The van der Waals surface area contributed by atoms with E-state index in [1.54, 1.807) is 6.07 Å². The maximum atomic E-state index is 13.8. The van der Waals surface area contributed by atoms with Crippen molar-refractivity contribution in [1.82, 2.24) is 10.4 Å². The molecule has 0 spiro atoms. The number of phenolic OH excluding ortho intramolecular Hbond substituents is 1. The summed E-state index contributed by atoms with van der Waals surface area (Å²) < 4.78 is 0. The quantitative estimate of drug-likeness (QED) is 0.139. The number of hydrogen-bond acceptors (Lipinski definition) is 11. The number of carbonyl (C=O) groups excluding carboxylic acids is 4. The standard InChI is InChI=1S/C24H28N4O9/c1-28(2)17-11-7-10-6-9-4-5-12(27-13(29)8-26-37-3)18(30)14(9)19(31)15(10)21(33)24(11,36)22(34)16(20(17)32)23(25)35/h4-5,10-11,17,26,30-31,34,36H,6-8H2,1-3H3,(H2,25,35)(H,27,29)/t10?,11?,17-,24?/m0/s1. The smallest absolute Gasteiger partial charge is 0.255 e. The molecule has 8 N–H and O–H groups in total. The number of amides is 2. The van der Waals surface area contributed by atoms with Gasteiger partial charge in [0, 0.05) is 11.5 Å². The summed E-state index contributed by atoms with van der Waals surface area (Å²) in [6, 6.07) is 1.87. The van der Waals surface area contributed by atoms with Gasteiger partial charge in [-0.05, 0) is 44.5 Å². The van der Waals surface area contributed by atoms with Crippen molar-refractivity contribution in [3.05, 3.63) is 40.2 Å². The number of ketones is 2. The molecule has 198 valence electrons. The highest BCUT2D eigenvalue weighted by Gasteiger charge is 2.64. The normalized spacial score (nSPS) is 27.1. The highest BCUT2D eigenvalue weighted by atomic mass is 16.6. The van der Waals surface area contributed by atoms with Crippen molar-refractivity contribution >= 4 is 34.8 Å². The summed E-state index contributed by atoms with van der Waals surface area (Å²) in [6.07, 6.45) is 0.148. The van der Waals surface area contributed by atoms with E-state index in [0.717, 1.165) is 0 Å². The van der Waals surface area contributed by atoms with E-state index >= 15 is 0 Å². The van der Waals surface area contributed by atoms with Crippen LogP contribution in [0, 0.1) is 11.8 Å². The number of benzene rings is 1. The van der Waals surface area contributed by atoms with Crippen LogP contribution in [-0.2, 0) is 30.4 Å². The lowest BCUT2D eigenvalue weighted by Gasteiger charge is -2.50. The Morgan fingerprint density at radius 2 is 1.89 bits per heavy atom. The number of fused-ring (bicyclic) bond motifs is 3. The van der Waals surface area contributed by atoms with Gasteiger partial charge in [-0.3, -0.25) is 24.1 Å². The molecule has 1 aromatic rings. The number of aromatic hydroxyl groups is 1. The van der Waals surface area contributed by atoms with E-state index in [-0.39, 0.29) is 36.2 Å². The number of anilines is 1. The lowest BCUT2D eigenvalue weighted by atomic mass is 9.57. The number of phenols is 1. The third-order valence-corrected chi connectivity index (χ3v) is 7.24. The fourth-order valence-electron chi connectivity index (χ4n) is 5.65. The Labute approximate surface area is 211 Å². The number of carbonyl (C=O) groups is 4. The molecule has 1 saturated carbocycles. The van der Waals surface area contributed by atoms with Crippen LogP contribution in [0.15, 0.2) is 29.0 Å². The van der Waals surface area contributed by atoms with E-state index in [9.17, 15) is 39.6 Å². The van der Waals surface area contributed by atoms with Crippen molar-refractivity contribution in [1.29, 1.82) is 0 Å². The number of hydrogen-bond donors (Lipinski definition) is 7. The van der Waals surface area contributed by atoms with Gasteiger partial charge in [-0.25, -0.2) is 0 Å². The fraction of sp³-hybridized carbons (Fsp3) is 0.417. The fourth-order valence-corrected chi connectivity index (χ4v) is 5.65. The number of likely N-dealkylation sites (N-methyl/N-ethyl adjacent to an activating group) is 1. The third-order valence-electron chi connectivity index (χ3n) is 7.24. The van der Waals surface area contributed by atoms with Crippen LogP contribution in [0.1, 0.15) is 17.5 Å². The molecule has 0 bridgehead atoms. The van der Waals surface area contributed by atoms with E-state index in [0.29, 0.717) is 5.56 Å². The lowest BCUT2D eigenvalue weighted by Crippen LogP contribution is -2.65. The number of aliphatic hydroxyl groups excluding tert-OH is 2. The van der Waals surface area contributed by atoms with Crippen molar-refractivity contribution in [2.24, 2.45) is 17.6 Å². The average Bonchev–Trinajstić information content (AvgIpc) is 2.81. The molecule has 37 heavy (non-hydrogen) atoms. The Kier molecular flexibility index (Phi) is 6.58. The second-order valence-electron chi connectivity index (χ2n) is 9.53. The molecule has 3 aliphatic carbocycles. The van der Waals surface area contributed by atoms with Crippen LogP contribution >= 0.6 is 0 Å². The zero-order valence-electron chi connectivity index (χ0n) is 20.4. The zero-order valence-corrected chi connectivity index (χ0v) is 20.4. The summed E-state index contributed by atoms with van der Waals surface area (Å²) in [6.45, 7) is -0.228. The van der Waals surface area contributed by atoms with Crippen LogP contribution in [0.2, 0.25) is 0 Å². The molecule has 1 fully saturated rings. The number of aliphatic hydroxyl groups is 3. The molecule has 0 saturated heterocycles. The Hall–Kier alpha value is -3.78. The van der Waals surface area contributed by atoms with Crippen LogP contribution in [0.3, 0.4) is 0 Å². The van der Waals surface area contributed by atoms with Gasteiger partial charge in [0.25, 0.3) is 5.91 Å². The van der Waals surface area contributed by atoms with E-state index in [1.165, 1.54) is 32.2 Å². The van der Waals surface area contributed by atoms with Crippen molar-refractivity contribution in [3.63, 3.8) is 0 Å². The summed E-state index contributed by atoms with van der Waals surface area (Å²) in [5.41, 5.74) is 4.11. The molecule has 2 amide bonds. The largest absolute Gasteiger partial charge is 0.508 e. The molecule has 0 aliphatic heterocycles. The Balaban J connectivity index is 1.85. The molecule has 3 aliphatic rings. The molecule has 0 heterocycles. The van der Waals surface area contributed by atoms with E-state index in [2.05, 4.69) is 15.6 Å². The number of hydroxylamine groups is 1. The summed E-state index contributed by atoms with van der Waals surface area (Å²) in [5.74, 6) is -7.89. The minimum atomic E-state index is -2.71. The zero-order chi connectivity index (χ0) is 27.4. The Morgan fingerprint density at radius 3 is 2.49 bits per heavy atom. The van der Waals surface area contributed by atoms with Crippen LogP contribution < -0.4 is 16.5 Å². The third kappa shape index (κ3) is 3.87. The predicted molar refractivity (Wildman–Crippen MR) is 128 cm³/mol. The topological polar surface area (TPSA) is 212 Å². The maximum Gasteiger partial charge on any atom is 0.255 e. The van der Waals surface area contributed by atoms with Crippen molar-refractivity contribution < 1.29 is 44.4 Å². The summed E-state index contributed by atoms with van der Waals surface area (Å²) in [7, 11) is 4.39. The van der Waals surface area contributed by atoms with E-state index < -0.39 is 69.7 Å². The van der Waals surface area contributed by atoms with Crippen LogP contribution in [0.25, 0.3) is 5.76 Å². The SMILES string of the molecule is CONCC(=O)Nc1ccc2c(c1O)C(O)=C1C(=O)C3(O)C(O)=C(C(N)=O)C(=O)[C@@H](N(C)C)C3CC1C2. The predicted octanol–water partition coefficient (Wildman–Crippen LogP) is -0.946. The summed E-state index contributed by atoms with van der Waals surface area (Å²) in [4.78, 5) is 56.9. The minimum absolute atomic E-state index is 0.00625. The van der Waals surface area contributed by atoms with Gasteiger partial charge in [0.1, 0.15) is 29.4 Å². The Morgan fingerprint density at radius 1 is 1.22 bits per heavy atom.